The molecule has 2 rings (SSSR count). The molecule has 3 N–H and O–H groups in total. The Morgan fingerprint density at radius 1 is 1.59 bits per heavy atom. The van der Waals surface area contributed by atoms with Gasteiger partial charge >= 0.3 is 0 Å². The zero-order valence-corrected chi connectivity index (χ0v) is 10.1. The number of aromatic nitrogens is 1. The second-order valence-corrected chi connectivity index (χ2v) is 4.77. The zero-order chi connectivity index (χ0) is 12.3. The largest absolute Gasteiger partial charge is 0.347 e. The van der Waals surface area contributed by atoms with E-state index < -0.39 is 0 Å². The lowest BCUT2D eigenvalue weighted by Crippen LogP contribution is -2.42. The molecule has 4 nitrogen and oxygen atoms in total. The lowest BCUT2D eigenvalue weighted by atomic mass is 10.1. The SMILES string of the molecule is C[C@H](NC(=O)C(N)CC1CC1)c1ccccn1. The molecule has 1 aromatic heterocycles. The molecule has 0 bridgehead atoms. The van der Waals surface area contributed by atoms with Crippen molar-refractivity contribution in [3.8, 4) is 0 Å². The summed E-state index contributed by atoms with van der Waals surface area (Å²) in [5.41, 5.74) is 6.71. The fraction of sp³-hybridized carbons (Fsp3) is 0.538. The van der Waals surface area contributed by atoms with Crippen molar-refractivity contribution in [2.24, 2.45) is 11.7 Å². The fourth-order valence-electron chi connectivity index (χ4n) is 1.85. The highest BCUT2D eigenvalue weighted by Crippen LogP contribution is 2.33. The van der Waals surface area contributed by atoms with Gasteiger partial charge in [0, 0.05) is 6.20 Å². The van der Waals surface area contributed by atoms with Gasteiger partial charge in [-0.2, -0.15) is 0 Å². The number of carbonyl (C=O) groups is 1. The van der Waals surface area contributed by atoms with Crippen molar-refractivity contribution in [1.82, 2.24) is 10.3 Å². The van der Waals surface area contributed by atoms with Crippen LogP contribution in [0.5, 0.6) is 0 Å². The van der Waals surface area contributed by atoms with E-state index in [1.54, 1.807) is 6.20 Å². The van der Waals surface area contributed by atoms with Crippen molar-refractivity contribution >= 4 is 5.91 Å². The Kier molecular flexibility index (Phi) is 3.74. The third-order valence-electron chi connectivity index (χ3n) is 3.11. The molecule has 1 heterocycles. The molecule has 0 aliphatic heterocycles. The molecule has 1 amide bonds. The minimum absolute atomic E-state index is 0.0740. The average Bonchev–Trinajstić information content (AvgIpc) is 3.14. The van der Waals surface area contributed by atoms with Gasteiger partial charge in [-0.1, -0.05) is 18.9 Å². The number of carbonyl (C=O) groups excluding carboxylic acids is 1. The highest BCUT2D eigenvalue weighted by molar-refractivity contribution is 5.81. The van der Waals surface area contributed by atoms with E-state index in [-0.39, 0.29) is 18.0 Å². The van der Waals surface area contributed by atoms with Crippen LogP contribution in [-0.2, 0) is 4.79 Å². The molecule has 0 aromatic carbocycles. The van der Waals surface area contributed by atoms with Gasteiger partial charge in [-0.3, -0.25) is 9.78 Å². The molecular weight excluding hydrogens is 214 g/mol. The van der Waals surface area contributed by atoms with Gasteiger partial charge in [-0.25, -0.2) is 0 Å². The lowest BCUT2D eigenvalue weighted by Gasteiger charge is -2.16. The molecular formula is C13H19N3O. The first-order chi connectivity index (χ1) is 8.16. The van der Waals surface area contributed by atoms with Crippen LogP contribution in [0.15, 0.2) is 24.4 Å². The minimum Gasteiger partial charge on any atom is -0.347 e. The molecule has 0 saturated heterocycles. The van der Waals surface area contributed by atoms with E-state index in [0.717, 1.165) is 12.1 Å². The van der Waals surface area contributed by atoms with E-state index in [9.17, 15) is 4.79 Å². The van der Waals surface area contributed by atoms with Crippen molar-refractivity contribution in [3.05, 3.63) is 30.1 Å². The molecule has 4 heteroatoms. The monoisotopic (exact) mass is 233 g/mol. The summed E-state index contributed by atoms with van der Waals surface area (Å²) in [6.07, 6.45) is 4.97. The predicted molar refractivity (Wildman–Crippen MR) is 66.1 cm³/mol. The van der Waals surface area contributed by atoms with Crippen LogP contribution in [0.3, 0.4) is 0 Å². The van der Waals surface area contributed by atoms with Gasteiger partial charge in [0.25, 0.3) is 0 Å². The molecule has 1 saturated carbocycles. The smallest absolute Gasteiger partial charge is 0.237 e. The number of hydrogen-bond acceptors (Lipinski definition) is 3. The third-order valence-corrected chi connectivity index (χ3v) is 3.11. The molecule has 1 aliphatic carbocycles. The summed E-state index contributed by atoms with van der Waals surface area (Å²) in [5, 5.41) is 2.90. The molecule has 1 fully saturated rings. The number of amides is 1. The molecule has 1 unspecified atom stereocenters. The second kappa shape index (κ2) is 5.27. The lowest BCUT2D eigenvalue weighted by molar-refractivity contribution is -0.123. The third kappa shape index (κ3) is 3.53. The van der Waals surface area contributed by atoms with Gasteiger partial charge in [0.05, 0.1) is 17.8 Å². The van der Waals surface area contributed by atoms with Crippen molar-refractivity contribution in [3.63, 3.8) is 0 Å². The summed E-state index contributed by atoms with van der Waals surface area (Å²) < 4.78 is 0. The van der Waals surface area contributed by atoms with E-state index >= 15 is 0 Å². The van der Waals surface area contributed by atoms with E-state index in [1.807, 2.05) is 25.1 Å². The summed E-state index contributed by atoms with van der Waals surface area (Å²) >= 11 is 0. The maximum atomic E-state index is 11.8. The number of nitrogens with two attached hydrogens (primary N) is 1. The summed E-state index contributed by atoms with van der Waals surface area (Å²) in [6.45, 7) is 1.92. The van der Waals surface area contributed by atoms with Crippen LogP contribution in [0.2, 0.25) is 0 Å². The minimum atomic E-state index is -0.381. The highest BCUT2D eigenvalue weighted by atomic mass is 16.2. The Balaban J connectivity index is 1.85. The Hall–Kier alpha value is -1.42. The molecule has 17 heavy (non-hydrogen) atoms. The van der Waals surface area contributed by atoms with E-state index in [0.29, 0.717) is 5.92 Å². The summed E-state index contributed by atoms with van der Waals surface area (Å²) in [6, 6.07) is 5.20. The van der Waals surface area contributed by atoms with Crippen LogP contribution >= 0.6 is 0 Å². The van der Waals surface area contributed by atoms with Gasteiger partial charge in [0.15, 0.2) is 0 Å². The number of pyridine rings is 1. The van der Waals surface area contributed by atoms with Crippen LogP contribution in [0.4, 0.5) is 0 Å². The topological polar surface area (TPSA) is 68.0 Å². The average molecular weight is 233 g/mol. The van der Waals surface area contributed by atoms with Crippen LogP contribution in [0.1, 0.15) is 37.9 Å². The van der Waals surface area contributed by atoms with Crippen molar-refractivity contribution < 1.29 is 4.79 Å². The van der Waals surface area contributed by atoms with Gasteiger partial charge in [-0.15, -0.1) is 0 Å². The van der Waals surface area contributed by atoms with Crippen LogP contribution in [0, 0.1) is 5.92 Å². The first-order valence-electron chi connectivity index (χ1n) is 6.13. The Morgan fingerprint density at radius 2 is 2.35 bits per heavy atom. The quantitative estimate of drug-likeness (QED) is 0.807. The molecule has 0 spiro atoms. The van der Waals surface area contributed by atoms with Gasteiger partial charge in [0.2, 0.25) is 5.91 Å². The maximum absolute atomic E-state index is 11.8. The summed E-state index contributed by atoms with van der Waals surface area (Å²) in [7, 11) is 0. The van der Waals surface area contributed by atoms with Gasteiger partial charge in [0.1, 0.15) is 0 Å². The van der Waals surface area contributed by atoms with Crippen molar-refractivity contribution in [2.45, 2.75) is 38.3 Å². The summed E-state index contributed by atoms with van der Waals surface area (Å²) in [5.74, 6) is 0.593. The Morgan fingerprint density at radius 3 is 2.94 bits per heavy atom. The Labute approximate surface area is 102 Å². The normalized spacial score (nSPS) is 18.5. The first-order valence-corrected chi connectivity index (χ1v) is 6.13. The van der Waals surface area contributed by atoms with E-state index in [1.165, 1.54) is 12.8 Å². The van der Waals surface area contributed by atoms with E-state index in [2.05, 4.69) is 10.3 Å². The van der Waals surface area contributed by atoms with Gasteiger partial charge < -0.3 is 11.1 Å². The molecule has 1 aromatic rings. The maximum Gasteiger partial charge on any atom is 0.237 e. The molecule has 2 atom stereocenters. The molecule has 92 valence electrons. The molecule has 1 aliphatic rings. The second-order valence-electron chi connectivity index (χ2n) is 4.77. The highest BCUT2D eigenvalue weighted by Gasteiger charge is 2.27. The molecule has 0 radical (unpaired) electrons. The first kappa shape index (κ1) is 12.0. The van der Waals surface area contributed by atoms with Crippen molar-refractivity contribution in [2.75, 3.05) is 0 Å². The van der Waals surface area contributed by atoms with Crippen LogP contribution < -0.4 is 11.1 Å². The Bertz CT molecular complexity index is 376. The van der Waals surface area contributed by atoms with Crippen LogP contribution in [0.25, 0.3) is 0 Å². The number of rotatable bonds is 5. The number of hydrogen-bond donors (Lipinski definition) is 2. The fourth-order valence-corrected chi connectivity index (χ4v) is 1.85. The van der Waals surface area contributed by atoms with E-state index in [4.69, 9.17) is 5.73 Å². The predicted octanol–water partition coefficient (Wildman–Crippen LogP) is 1.39. The van der Waals surface area contributed by atoms with Crippen LogP contribution in [-0.4, -0.2) is 16.9 Å². The number of nitrogens with zero attached hydrogens (tertiary/aromatic N) is 1. The standard InChI is InChI=1S/C13H19N3O/c1-9(12-4-2-3-7-15-12)16-13(17)11(14)8-10-5-6-10/h2-4,7,9-11H,5-6,8,14H2,1H3,(H,16,17)/t9-,11?/m0/s1. The van der Waals surface area contributed by atoms with Gasteiger partial charge in [-0.05, 0) is 31.4 Å². The van der Waals surface area contributed by atoms with Crippen molar-refractivity contribution in [1.29, 1.82) is 0 Å². The number of nitrogens with one attached hydrogen (secondary N) is 1. The zero-order valence-electron chi connectivity index (χ0n) is 10.1. The summed E-state index contributed by atoms with van der Waals surface area (Å²) in [4.78, 5) is 16.0.